The molecule has 2 aromatic carbocycles. The number of nitrogen functional groups attached to an aromatic ring is 1. The fourth-order valence-electron chi connectivity index (χ4n) is 2.06. The van der Waals surface area contributed by atoms with Crippen molar-refractivity contribution in [2.24, 2.45) is 0 Å². The van der Waals surface area contributed by atoms with Crippen molar-refractivity contribution < 1.29 is 0 Å². The van der Waals surface area contributed by atoms with E-state index in [4.69, 9.17) is 5.73 Å². The summed E-state index contributed by atoms with van der Waals surface area (Å²) < 4.78 is 0. The molecule has 0 saturated carbocycles. The van der Waals surface area contributed by atoms with E-state index in [9.17, 15) is 0 Å². The highest BCUT2D eigenvalue weighted by Crippen LogP contribution is 2.19. The van der Waals surface area contributed by atoms with Gasteiger partial charge in [-0.2, -0.15) is 0 Å². The molecule has 0 amide bonds. The molecular formula is C17H21N. The predicted octanol–water partition coefficient (Wildman–Crippen LogP) is 4.29. The summed E-state index contributed by atoms with van der Waals surface area (Å²) in [5.41, 5.74) is 12.0. The monoisotopic (exact) mass is 239 g/mol. The van der Waals surface area contributed by atoms with Crippen LogP contribution < -0.4 is 5.73 Å². The van der Waals surface area contributed by atoms with Crippen LogP contribution in [0.3, 0.4) is 0 Å². The third-order valence-corrected chi connectivity index (χ3v) is 3.40. The highest BCUT2D eigenvalue weighted by molar-refractivity contribution is 5.49. The molecule has 2 aromatic rings. The second kappa shape index (κ2) is 5.26. The maximum absolute atomic E-state index is 5.94. The number of benzene rings is 2. The Hall–Kier alpha value is -1.76. The van der Waals surface area contributed by atoms with Gasteiger partial charge in [0.15, 0.2) is 0 Å². The number of nitrogens with two attached hydrogens (primary N) is 1. The summed E-state index contributed by atoms with van der Waals surface area (Å²) in [6.07, 6.45) is 0.947. The lowest BCUT2D eigenvalue weighted by atomic mass is 9.98. The van der Waals surface area contributed by atoms with Gasteiger partial charge < -0.3 is 5.73 Å². The normalized spacial score (nSPS) is 10.9. The number of aryl methyl sites for hydroxylation is 1. The molecule has 0 spiro atoms. The second-order valence-corrected chi connectivity index (χ2v) is 5.26. The Morgan fingerprint density at radius 1 is 0.944 bits per heavy atom. The summed E-state index contributed by atoms with van der Waals surface area (Å²) in [6.45, 7) is 6.47. The van der Waals surface area contributed by atoms with E-state index in [1.165, 1.54) is 16.7 Å². The lowest BCUT2D eigenvalue weighted by Gasteiger charge is -2.08. The second-order valence-electron chi connectivity index (χ2n) is 5.26. The zero-order valence-electron chi connectivity index (χ0n) is 11.4. The smallest absolute Gasteiger partial charge is 0.0346 e. The summed E-state index contributed by atoms with van der Waals surface area (Å²) in [5, 5.41) is 0. The summed E-state index contributed by atoms with van der Waals surface area (Å²) in [5.74, 6) is 0.592. The van der Waals surface area contributed by atoms with E-state index >= 15 is 0 Å². The van der Waals surface area contributed by atoms with E-state index in [1.54, 1.807) is 0 Å². The fourth-order valence-corrected chi connectivity index (χ4v) is 2.06. The third-order valence-electron chi connectivity index (χ3n) is 3.40. The highest BCUT2D eigenvalue weighted by atomic mass is 14.5. The Morgan fingerprint density at radius 3 is 2.11 bits per heavy atom. The first-order chi connectivity index (χ1) is 8.56. The lowest BCUT2D eigenvalue weighted by Crippen LogP contribution is -1.94. The first kappa shape index (κ1) is 12.7. The molecule has 0 bridgehead atoms. The van der Waals surface area contributed by atoms with Gasteiger partial charge >= 0.3 is 0 Å². The summed E-state index contributed by atoms with van der Waals surface area (Å²) in [4.78, 5) is 0. The van der Waals surface area contributed by atoms with E-state index in [0.29, 0.717) is 5.92 Å². The summed E-state index contributed by atoms with van der Waals surface area (Å²) >= 11 is 0. The van der Waals surface area contributed by atoms with Crippen LogP contribution in [0, 0.1) is 6.92 Å². The molecule has 0 unspecified atom stereocenters. The van der Waals surface area contributed by atoms with Gasteiger partial charge in [-0.15, -0.1) is 0 Å². The zero-order chi connectivity index (χ0) is 13.1. The van der Waals surface area contributed by atoms with E-state index in [1.807, 2.05) is 6.92 Å². The van der Waals surface area contributed by atoms with Crippen LogP contribution >= 0.6 is 0 Å². The zero-order valence-corrected chi connectivity index (χ0v) is 11.4. The number of anilines is 1. The average Bonchev–Trinajstić information content (AvgIpc) is 2.34. The van der Waals surface area contributed by atoms with Gasteiger partial charge in [-0.3, -0.25) is 0 Å². The molecule has 0 fully saturated rings. The quantitative estimate of drug-likeness (QED) is 0.794. The minimum atomic E-state index is 0.592. The van der Waals surface area contributed by atoms with Gasteiger partial charge in [0.2, 0.25) is 0 Å². The topological polar surface area (TPSA) is 26.0 Å². The van der Waals surface area contributed by atoms with E-state index in [0.717, 1.165) is 17.7 Å². The van der Waals surface area contributed by atoms with Crippen LogP contribution in [0.4, 0.5) is 5.69 Å². The van der Waals surface area contributed by atoms with E-state index in [2.05, 4.69) is 56.3 Å². The van der Waals surface area contributed by atoms with Crippen LogP contribution in [-0.2, 0) is 6.42 Å². The van der Waals surface area contributed by atoms with Crippen LogP contribution in [-0.4, -0.2) is 0 Å². The van der Waals surface area contributed by atoms with Crippen LogP contribution in [0.2, 0.25) is 0 Å². The Balaban J connectivity index is 2.15. The molecule has 1 nitrogen and oxygen atoms in total. The molecule has 0 aliphatic rings. The Bertz CT molecular complexity index is 524. The molecule has 18 heavy (non-hydrogen) atoms. The van der Waals surface area contributed by atoms with Gasteiger partial charge in [0, 0.05) is 5.69 Å². The van der Waals surface area contributed by atoms with E-state index in [-0.39, 0.29) is 0 Å². The lowest BCUT2D eigenvalue weighted by molar-refractivity contribution is 0.865. The molecule has 2 rings (SSSR count). The van der Waals surface area contributed by atoms with Gasteiger partial charge in [-0.25, -0.2) is 0 Å². The molecule has 0 aliphatic heterocycles. The fraction of sp³-hybridized carbons (Fsp3) is 0.294. The number of hydrogen-bond donors (Lipinski definition) is 1. The first-order valence-electron chi connectivity index (χ1n) is 6.50. The highest BCUT2D eigenvalue weighted by Gasteiger charge is 2.01. The van der Waals surface area contributed by atoms with Crippen molar-refractivity contribution in [3.8, 4) is 0 Å². The molecule has 0 aliphatic carbocycles. The Labute approximate surface area is 110 Å². The molecule has 0 saturated heterocycles. The Morgan fingerprint density at radius 2 is 1.56 bits per heavy atom. The van der Waals surface area contributed by atoms with Crippen LogP contribution in [0.1, 0.15) is 42.0 Å². The molecule has 0 radical (unpaired) electrons. The SMILES string of the molecule is Cc1ccc(Cc2ccc(C(C)C)cc2)cc1N. The van der Waals surface area contributed by atoms with Crippen molar-refractivity contribution in [3.05, 3.63) is 64.7 Å². The number of hydrogen-bond acceptors (Lipinski definition) is 1. The molecule has 0 heterocycles. The minimum Gasteiger partial charge on any atom is -0.399 e. The Kier molecular flexibility index (Phi) is 3.71. The largest absolute Gasteiger partial charge is 0.399 e. The standard InChI is InChI=1S/C17H21N/c1-12(2)16-8-6-14(7-9-16)10-15-5-4-13(3)17(18)11-15/h4-9,11-12H,10,18H2,1-3H3. The van der Waals surface area contributed by atoms with Gasteiger partial charge in [-0.1, -0.05) is 50.2 Å². The molecule has 94 valence electrons. The third kappa shape index (κ3) is 2.92. The first-order valence-corrected chi connectivity index (χ1v) is 6.50. The molecule has 1 heteroatoms. The van der Waals surface area contributed by atoms with E-state index < -0.39 is 0 Å². The van der Waals surface area contributed by atoms with Crippen molar-refractivity contribution in [1.29, 1.82) is 0 Å². The van der Waals surface area contributed by atoms with Crippen LogP contribution in [0.25, 0.3) is 0 Å². The van der Waals surface area contributed by atoms with Gasteiger partial charge in [0.25, 0.3) is 0 Å². The van der Waals surface area contributed by atoms with Crippen molar-refractivity contribution in [3.63, 3.8) is 0 Å². The summed E-state index contributed by atoms with van der Waals surface area (Å²) in [7, 11) is 0. The predicted molar refractivity (Wildman–Crippen MR) is 78.9 cm³/mol. The van der Waals surface area contributed by atoms with Crippen molar-refractivity contribution in [2.45, 2.75) is 33.1 Å². The van der Waals surface area contributed by atoms with Gasteiger partial charge in [0.05, 0.1) is 0 Å². The minimum absolute atomic E-state index is 0.592. The molecule has 0 atom stereocenters. The summed E-state index contributed by atoms with van der Waals surface area (Å²) in [6, 6.07) is 15.2. The maximum atomic E-state index is 5.94. The van der Waals surface area contributed by atoms with Crippen LogP contribution in [0.15, 0.2) is 42.5 Å². The van der Waals surface area contributed by atoms with Gasteiger partial charge in [-0.05, 0) is 47.6 Å². The molecule has 2 N–H and O–H groups in total. The van der Waals surface area contributed by atoms with Crippen molar-refractivity contribution in [2.75, 3.05) is 5.73 Å². The molecule has 0 aromatic heterocycles. The van der Waals surface area contributed by atoms with Gasteiger partial charge in [0.1, 0.15) is 0 Å². The molecular weight excluding hydrogens is 218 g/mol. The van der Waals surface area contributed by atoms with Crippen LogP contribution in [0.5, 0.6) is 0 Å². The average molecular weight is 239 g/mol. The van der Waals surface area contributed by atoms with Crippen molar-refractivity contribution >= 4 is 5.69 Å². The van der Waals surface area contributed by atoms with Crippen molar-refractivity contribution in [1.82, 2.24) is 0 Å². The maximum Gasteiger partial charge on any atom is 0.0346 e. The number of rotatable bonds is 3.